The molecule has 2 heterocycles. The number of rotatable bonds is 5. The van der Waals surface area contributed by atoms with Gasteiger partial charge in [0, 0.05) is 58.7 Å². The summed E-state index contributed by atoms with van der Waals surface area (Å²) in [6.45, 7) is 7.48. The monoisotopic (exact) mass is 469 g/mol. The first-order chi connectivity index (χ1) is 11.0. The van der Waals surface area contributed by atoms with Crippen molar-refractivity contribution in [1.29, 1.82) is 0 Å². The zero-order valence-electron chi connectivity index (χ0n) is 15.0. The fourth-order valence-corrected chi connectivity index (χ4v) is 3.10. The standard InChI is InChI=1S/C16H28ClN5O.HI/c1-13-12-23-8-7-22(13)6-5-19-16(18-2)21(4)11-15-9-14(17)10-20(15)3;/h9-10,13H,5-8,11-12H2,1-4H3,(H,18,19);1H. The Morgan fingerprint density at radius 2 is 2.29 bits per heavy atom. The maximum absolute atomic E-state index is 6.04. The van der Waals surface area contributed by atoms with Crippen molar-refractivity contribution in [2.45, 2.75) is 19.5 Å². The molecule has 0 aliphatic carbocycles. The third-order valence-electron chi connectivity index (χ3n) is 4.23. The highest BCUT2D eigenvalue weighted by molar-refractivity contribution is 14.0. The van der Waals surface area contributed by atoms with Crippen molar-refractivity contribution in [2.24, 2.45) is 12.0 Å². The fraction of sp³-hybridized carbons (Fsp3) is 0.688. The lowest BCUT2D eigenvalue weighted by Crippen LogP contribution is -2.48. The molecule has 1 fully saturated rings. The number of halogens is 2. The molecule has 0 spiro atoms. The van der Waals surface area contributed by atoms with E-state index in [-0.39, 0.29) is 24.0 Å². The summed E-state index contributed by atoms with van der Waals surface area (Å²) in [5.74, 6) is 0.892. The van der Waals surface area contributed by atoms with Gasteiger partial charge in [0.25, 0.3) is 0 Å². The molecule has 1 atom stereocenters. The smallest absolute Gasteiger partial charge is 0.193 e. The van der Waals surface area contributed by atoms with Crippen LogP contribution < -0.4 is 5.32 Å². The molecule has 1 aliphatic heterocycles. The first-order valence-electron chi connectivity index (χ1n) is 8.05. The second-order valence-corrected chi connectivity index (χ2v) is 6.49. The molecule has 1 aromatic heterocycles. The number of hydrogen-bond acceptors (Lipinski definition) is 3. The molecule has 1 N–H and O–H groups in total. The van der Waals surface area contributed by atoms with Crippen LogP contribution in [0, 0.1) is 0 Å². The van der Waals surface area contributed by atoms with Gasteiger partial charge in [-0.1, -0.05) is 11.6 Å². The largest absolute Gasteiger partial charge is 0.379 e. The topological polar surface area (TPSA) is 45.0 Å². The van der Waals surface area contributed by atoms with Crippen molar-refractivity contribution in [2.75, 3.05) is 46.9 Å². The van der Waals surface area contributed by atoms with Gasteiger partial charge in [0.1, 0.15) is 0 Å². The Morgan fingerprint density at radius 1 is 1.54 bits per heavy atom. The van der Waals surface area contributed by atoms with Gasteiger partial charge in [-0.3, -0.25) is 9.89 Å². The van der Waals surface area contributed by atoms with E-state index in [9.17, 15) is 0 Å². The highest BCUT2D eigenvalue weighted by Gasteiger charge is 2.18. The van der Waals surface area contributed by atoms with E-state index in [4.69, 9.17) is 16.3 Å². The Balaban J connectivity index is 0.00000288. The van der Waals surface area contributed by atoms with E-state index in [1.165, 1.54) is 0 Å². The van der Waals surface area contributed by atoms with Crippen LogP contribution in [0.5, 0.6) is 0 Å². The number of ether oxygens (including phenoxy) is 1. The maximum Gasteiger partial charge on any atom is 0.193 e. The van der Waals surface area contributed by atoms with Crippen LogP contribution in [0.3, 0.4) is 0 Å². The second kappa shape index (κ2) is 10.5. The van der Waals surface area contributed by atoms with Crippen LogP contribution in [0.15, 0.2) is 17.3 Å². The zero-order valence-corrected chi connectivity index (χ0v) is 18.0. The van der Waals surface area contributed by atoms with Crippen molar-refractivity contribution in [3.8, 4) is 0 Å². The average Bonchev–Trinajstić information content (AvgIpc) is 2.83. The van der Waals surface area contributed by atoms with Crippen LogP contribution >= 0.6 is 35.6 Å². The SMILES string of the molecule is CN=C(NCCN1CCOCC1C)N(C)Cc1cc(Cl)cn1C.I. The Hall–Kier alpha value is -0.510. The van der Waals surface area contributed by atoms with E-state index in [1.807, 2.05) is 38.0 Å². The molecule has 6 nitrogen and oxygen atoms in total. The van der Waals surface area contributed by atoms with Gasteiger partial charge in [0.05, 0.1) is 24.8 Å². The zero-order chi connectivity index (χ0) is 16.8. The van der Waals surface area contributed by atoms with Crippen LogP contribution in [-0.4, -0.2) is 73.3 Å². The lowest BCUT2D eigenvalue weighted by atomic mass is 10.2. The molecule has 1 aromatic rings. The van der Waals surface area contributed by atoms with Gasteiger partial charge in [-0.2, -0.15) is 0 Å². The molecule has 0 bridgehead atoms. The van der Waals surface area contributed by atoms with Gasteiger partial charge >= 0.3 is 0 Å². The molecule has 138 valence electrons. The molecule has 2 rings (SSSR count). The number of aliphatic imine (C=N–C) groups is 1. The van der Waals surface area contributed by atoms with Crippen molar-refractivity contribution in [3.63, 3.8) is 0 Å². The second-order valence-electron chi connectivity index (χ2n) is 6.05. The van der Waals surface area contributed by atoms with Crippen molar-refractivity contribution in [1.82, 2.24) is 19.7 Å². The molecule has 1 aliphatic rings. The lowest BCUT2D eigenvalue weighted by molar-refractivity contribution is 0.000832. The fourth-order valence-electron chi connectivity index (χ4n) is 2.83. The summed E-state index contributed by atoms with van der Waals surface area (Å²) in [5.41, 5.74) is 1.15. The molecule has 1 saturated heterocycles. The Bertz CT molecular complexity index is 537. The minimum atomic E-state index is 0. The summed E-state index contributed by atoms with van der Waals surface area (Å²) in [6, 6.07) is 2.47. The maximum atomic E-state index is 6.04. The molecule has 0 amide bonds. The number of nitrogens with zero attached hydrogens (tertiary/aromatic N) is 4. The molecular formula is C16H29ClIN5O. The minimum absolute atomic E-state index is 0. The van der Waals surface area contributed by atoms with Crippen LogP contribution in [-0.2, 0) is 18.3 Å². The van der Waals surface area contributed by atoms with Crippen LogP contribution in [0.25, 0.3) is 0 Å². The van der Waals surface area contributed by atoms with Crippen molar-refractivity contribution < 1.29 is 4.74 Å². The highest BCUT2D eigenvalue weighted by Crippen LogP contribution is 2.14. The highest BCUT2D eigenvalue weighted by atomic mass is 127. The third kappa shape index (κ3) is 6.09. The third-order valence-corrected chi connectivity index (χ3v) is 4.44. The first kappa shape index (κ1) is 21.5. The summed E-state index contributed by atoms with van der Waals surface area (Å²) >= 11 is 6.04. The minimum Gasteiger partial charge on any atom is -0.379 e. The number of aromatic nitrogens is 1. The van der Waals surface area contributed by atoms with E-state index in [0.29, 0.717) is 6.04 Å². The van der Waals surface area contributed by atoms with Gasteiger partial charge < -0.3 is 19.5 Å². The van der Waals surface area contributed by atoms with E-state index in [1.54, 1.807) is 0 Å². The molecule has 1 unspecified atom stereocenters. The van der Waals surface area contributed by atoms with E-state index in [2.05, 4.69) is 27.0 Å². The molecule has 24 heavy (non-hydrogen) atoms. The lowest BCUT2D eigenvalue weighted by Gasteiger charge is -2.33. The molecule has 0 aromatic carbocycles. The van der Waals surface area contributed by atoms with E-state index in [0.717, 1.165) is 56.1 Å². The number of aryl methyl sites for hydroxylation is 1. The van der Waals surface area contributed by atoms with Gasteiger partial charge in [0.15, 0.2) is 5.96 Å². The number of hydrogen-bond donors (Lipinski definition) is 1. The number of nitrogens with one attached hydrogen (secondary N) is 1. The van der Waals surface area contributed by atoms with E-state index >= 15 is 0 Å². The first-order valence-corrected chi connectivity index (χ1v) is 8.43. The summed E-state index contributed by atoms with van der Waals surface area (Å²) in [7, 11) is 5.85. The van der Waals surface area contributed by atoms with Crippen LogP contribution in [0.4, 0.5) is 0 Å². The van der Waals surface area contributed by atoms with Gasteiger partial charge in [0.2, 0.25) is 0 Å². The number of morpholine rings is 1. The summed E-state index contributed by atoms with van der Waals surface area (Å²) < 4.78 is 7.51. The van der Waals surface area contributed by atoms with Gasteiger partial charge in [-0.05, 0) is 13.0 Å². The Kier molecular flexibility index (Phi) is 9.40. The molecule has 0 radical (unpaired) electrons. The predicted octanol–water partition coefficient (Wildman–Crippen LogP) is 2.02. The average molecular weight is 470 g/mol. The van der Waals surface area contributed by atoms with Gasteiger partial charge in [-0.25, -0.2) is 0 Å². The summed E-state index contributed by atoms with van der Waals surface area (Å²) in [5, 5.41) is 4.20. The quantitative estimate of drug-likeness (QED) is 0.407. The van der Waals surface area contributed by atoms with Crippen LogP contribution in [0.2, 0.25) is 5.02 Å². The van der Waals surface area contributed by atoms with Gasteiger partial charge in [-0.15, -0.1) is 24.0 Å². The summed E-state index contributed by atoms with van der Waals surface area (Å²) in [4.78, 5) is 8.92. The Labute approximate surface area is 167 Å². The van der Waals surface area contributed by atoms with Crippen LogP contribution in [0.1, 0.15) is 12.6 Å². The molecule has 0 saturated carbocycles. The normalized spacial score (nSPS) is 19.0. The van der Waals surface area contributed by atoms with Crippen molar-refractivity contribution in [3.05, 3.63) is 23.0 Å². The summed E-state index contributed by atoms with van der Waals surface area (Å²) in [6.07, 6.45) is 1.92. The number of guanidine groups is 1. The molecular weight excluding hydrogens is 441 g/mol. The van der Waals surface area contributed by atoms with E-state index < -0.39 is 0 Å². The van der Waals surface area contributed by atoms with Crippen molar-refractivity contribution >= 4 is 41.5 Å². The Morgan fingerprint density at radius 3 is 2.88 bits per heavy atom. The molecule has 8 heteroatoms. The predicted molar refractivity (Wildman–Crippen MR) is 111 cm³/mol.